The summed E-state index contributed by atoms with van der Waals surface area (Å²) in [5, 5.41) is 10.8. The van der Waals surface area contributed by atoms with E-state index in [9.17, 15) is 13.5 Å². The van der Waals surface area contributed by atoms with Crippen LogP contribution < -0.4 is 9.47 Å². The van der Waals surface area contributed by atoms with Crippen LogP contribution in [0.1, 0.15) is 11.1 Å². The summed E-state index contributed by atoms with van der Waals surface area (Å²) in [5.74, 6) is 0.393. The van der Waals surface area contributed by atoms with Crippen LogP contribution in [0.4, 0.5) is 0 Å². The number of hydrogen-bond donors (Lipinski definition) is 1. The topological polar surface area (TPSA) is 72.8 Å². The van der Waals surface area contributed by atoms with E-state index in [0.29, 0.717) is 5.56 Å². The molecule has 0 radical (unpaired) electrons. The molecule has 0 aliphatic heterocycles. The van der Waals surface area contributed by atoms with Crippen molar-refractivity contribution in [3.8, 4) is 17.2 Å². The molecule has 0 unspecified atom stereocenters. The Morgan fingerprint density at radius 1 is 1.00 bits per heavy atom. The van der Waals surface area contributed by atoms with Crippen molar-refractivity contribution in [3.63, 3.8) is 0 Å². The number of hydrogen-bond acceptors (Lipinski definition) is 5. The van der Waals surface area contributed by atoms with Crippen molar-refractivity contribution in [1.82, 2.24) is 0 Å². The fraction of sp³-hybridized carbons (Fsp3) is 0.111. The molecule has 2 aromatic rings. The highest BCUT2D eigenvalue weighted by molar-refractivity contribution is 7.94. The summed E-state index contributed by atoms with van der Waals surface area (Å²) in [5.41, 5.74) is 1.48. The van der Waals surface area contributed by atoms with Gasteiger partial charge in [0.1, 0.15) is 10.6 Å². The number of rotatable bonds is 6. The first-order chi connectivity index (χ1) is 11.4. The molecule has 0 saturated heterocycles. The van der Waals surface area contributed by atoms with Crippen molar-refractivity contribution in [2.24, 2.45) is 0 Å². The Morgan fingerprint density at radius 3 is 2.17 bits per heavy atom. The minimum absolute atomic E-state index is 0.0762. The van der Waals surface area contributed by atoms with Gasteiger partial charge in [0, 0.05) is 5.41 Å². The quantitative estimate of drug-likeness (QED) is 0.811. The maximum absolute atomic E-state index is 12.0. The summed E-state index contributed by atoms with van der Waals surface area (Å²) < 4.78 is 34.2. The van der Waals surface area contributed by atoms with Crippen molar-refractivity contribution < 1.29 is 23.0 Å². The highest BCUT2D eigenvalue weighted by Crippen LogP contribution is 2.36. The first-order valence-corrected chi connectivity index (χ1v) is 8.56. The Hall–Kier alpha value is -2.73. The number of sulfone groups is 1. The fourth-order valence-electron chi connectivity index (χ4n) is 2.07. The average molecular weight is 346 g/mol. The third-order valence-corrected chi connectivity index (χ3v) is 4.76. The molecule has 0 aliphatic carbocycles. The lowest BCUT2D eigenvalue weighted by molar-refractivity contribution is 0.366. The molecule has 6 heteroatoms. The molecule has 1 N–H and O–H groups in total. The van der Waals surface area contributed by atoms with E-state index in [2.05, 4.69) is 6.58 Å². The minimum atomic E-state index is -3.79. The third kappa shape index (κ3) is 3.78. The molecule has 0 bridgehead atoms. The van der Waals surface area contributed by atoms with Crippen molar-refractivity contribution in [1.29, 1.82) is 0 Å². The molecule has 0 spiro atoms. The molecule has 126 valence electrons. The van der Waals surface area contributed by atoms with Gasteiger partial charge in [-0.3, -0.25) is 0 Å². The lowest BCUT2D eigenvalue weighted by atomic mass is 10.1. The molecular weight excluding hydrogens is 328 g/mol. The van der Waals surface area contributed by atoms with E-state index in [1.54, 1.807) is 19.3 Å². The van der Waals surface area contributed by atoms with Gasteiger partial charge in [-0.1, -0.05) is 30.9 Å². The molecule has 24 heavy (non-hydrogen) atoms. The predicted molar refractivity (Wildman–Crippen MR) is 94.0 cm³/mol. The largest absolute Gasteiger partial charge is 0.503 e. The van der Waals surface area contributed by atoms with Crippen LogP contribution in [0.5, 0.6) is 17.2 Å². The molecule has 0 heterocycles. The van der Waals surface area contributed by atoms with Crippen molar-refractivity contribution in [2.75, 3.05) is 14.2 Å². The van der Waals surface area contributed by atoms with Gasteiger partial charge in [0.25, 0.3) is 0 Å². The van der Waals surface area contributed by atoms with Gasteiger partial charge in [-0.25, -0.2) is 8.42 Å². The Labute approximate surface area is 141 Å². The smallest absolute Gasteiger partial charge is 0.203 e. The molecule has 5 nitrogen and oxygen atoms in total. The highest BCUT2D eigenvalue weighted by Gasteiger charge is 2.19. The van der Waals surface area contributed by atoms with Crippen LogP contribution in [0.3, 0.4) is 0 Å². The molecule has 0 aromatic heterocycles. The maximum Gasteiger partial charge on any atom is 0.203 e. The number of phenolic OH excluding ortho intramolecular Hbond substituents is 1. The first kappa shape index (κ1) is 17.6. The average Bonchev–Trinajstić information content (AvgIpc) is 2.61. The second kappa shape index (κ2) is 7.23. The van der Waals surface area contributed by atoms with Crippen LogP contribution in [0, 0.1) is 0 Å². The molecule has 2 rings (SSSR count). The monoisotopic (exact) mass is 346 g/mol. The minimum Gasteiger partial charge on any atom is -0.503 e. The van der Waals surface area contributed by atoms with Gasteiger partial charge in [-0.15, -0.1) is 0 Å². The Kier molecular flexibility index (Phi) is 5.31. The summed E-state index contributed by atoms with van der Waals surface area (Å²) >= 11 is 0. The SMILES string of the molecule is C=CS(=O)(=O)c1cc(/C=C/c2ccc(OC)cc2)cc(OC)c1O. The summed E-state index contributed by atoms with van der Waals surface area (Å²) in [6, 6.07) is 10.3. The fourth-order valence-corrected chi connectivity index (χ4v) is 2.92. The molecule has 0 saturated carbocycles. The number of benzene rings is 2. The van der Waals surface area contributed by atoms with E-state index < -0.39 is 15.6 Å². The predicted octanol–water partition coefficient (Wildman–Crippen LogP) is 3.50. The van der Waals surface area contributed by atoms with E-state index in [1.807, 2.05) is 30.3 Å². The zero-order chi connectivity index (χ0) is 17.7. The summed E-state index contributed by atoms with van der Waals surface area (Å²) in [6.45, 7) is 3.28. The van der Waals surface area contributed by atoms with Crippen LogP contribution in [0.15, 0.2) is 53.3 Å². The Morgan fingerprint density at radius 2 is 1.62 bits per heavy atom. The Balaban J connectivity index is 2.44. The maximum atomic E-state index is 12.0. The molecule has 2 aromatic carbocycles. The molecular formula is C18H18O5S. The van der Waals surface area contributed by atoms with Gasteiger partial charge < -0.3 is 14.6 Å². The van der Waals surface area contributed by atoms with Crippen molar-refractivity contribution in [2.45, 2.75) is 4.90 Å². The van der Waals surface area contributed by atoms with Gasteiger partial charge in [-0.2, -0.15) is 0 Å². The van der Waals surface area contributed by atoms with Crippen LogP contribution >= 0.6 is 0 Å². The van der Waals surface area contributed by atoms with Crippen molar-refractivity contribution >= 4 is 22.0 Å². The van der Waals surface area contributed by atoms with Gasteiger partial charge in [0.2, 0.25) is 9.84 Å². The van der Waals surface area contributed by atoms with Crippen LogP contribution in [0.25, 0.3) is 12.2 Å². The van der Waals surface area contributed by atoms with Crippen LogP contribution in [-0.4, -0.2) is 27.7 Å². The van der Waals surface area contributed by atoms with Gasteiger partial charge in [0.05, 0.1) is 14.2 Å². The first-order valence-electron chi connectivity index (χ1n) is 7.02. The summed E-state index contributed by atoms with van der Waals surface area (Å²) in [6.07, 6.45) is 3.54. The van der Waals surface area contributed by atoms with Crippen LogP contribution in [0.2, 0.25) is 0 Å². The number of methoxy groups -OCH3 is 2. The normalized spacial score (nSPS) is 11.4. The van der Waals surface area contributed by atoms with Gasteiger partial charge >= 0.3 is 0 Å². The summed E-state index contributed by atoms with van der Waals surface area (Å²) in [7, 11) is -0.843. The number of aromatic hydroxyl groups is 1. The lowest BCUT2D eigenvalue weighted by Crippen LogP contribution is -1.98. The Bertz CT molecular complexity index is 865. The molecule has 0 atom stereocenters. The third-order valence-electron chi connectivity index (χ3n) is 3.39. The second-order valence-corrected chi connectivity index (χ2v) is 6.75. The molecule has 0 fully saturated rings. The zero-order valence-corrected chi connectivity index (χ0v) is 14.2. The lowest BCUT2D eigenvalue weighted by Gasteiger charge is -2.09. The number of ether oxygens (including phenoxy) is 2. The molecule has 0 amide bonds. The van der Waals surface area contributed by atoms with E-state index in [0.717, 1.165) is 16.7 Å². The van der Waals surface area contributed by atoms with Crippen LogP contribution in [-0.2, 0) is 9.84 Å². The van der Waals surface area contributed by atoms with Crippen molar-refractivity contribution in [3.05, 3.63) is 59.5 Å². The van der Waals surface area contributed by atoms with E-state index in [4.69, 9.17) is 9.47 Å². The zero-order valence-electron chi connectivity index (χ0n) is 13.4. The number of phenols is 1. The van der Waals surface area contributed by atoms with E-state index in [1.165, 1.54) is 13.2 Å². The van der Waals surface area contributed by atoms with Gasteiger partial charge in [0.15, 0.2) is 11.5 Å². The molecule has 0 aliphatic rings. The second-order valence-electron chi connectivity index (χ2n) is 4.89. The standard InChI is InChI=1S/C18H18O5S/c1-4-24(20,21)17-12-14(11-16(23-3)18(17)19)6-5-13-7-9-15(22-2)10-8-13/h4-12,19H,1H2,2-3H3/b6-5+. The highest BCUT2D eigenvalue weighted by atomic mass is 32.2. The van der Waals surface area contributed by atoms with E-state index in [-0.39, 0.29) is 10.6 Å². The van der Waals surface area contributed by atoms with E-state index >= 15 is 0 Å². The summed E-state index contributed by atoms with van der Waals surface area (Å²) in [4.78, 5) is -0.244. The van der Waals surface area contributed by atoms with Gasteiger partial charge in [-0.05, 0) is 35.4 Å².